The average molecular weight is 461 g/mol. The minimum absolute atomic E-state index is 0.0512. The second kappa shape index (κ2) is 9.20. The number of aromatic nitrogens is 3. The van der Waals surface area contributed by atoms with Crippen molar-refractivity contribution in [2.75, 3.05) is 19.7 Å². The van der Waals surface area contributed by atoms with E-state index in [-0.39, 0.29) is 30.3 Å². The average Bonchev–Trinajstić information content (AvgIpc) is 3.33. The molecule has 0 amide bonds. The minimum Gasteiger partial charge on any atom is -0.394 e. The second-order valence-corrected chi connectivity index (χ2v) is 8.14. The zero-order valence-electron chi connectivity index (χ0n) is 18.0. The van der Waals surface area contributed by atoms with Crippen LogP contribution in [0.2, 0.25) is 0 Å². The highest BCUT2D eigenvalue weighted by atomic mass is 19.1. The number of aliphatic hydroxyl groups excluding tert-OH is 2. The number of pyridine rings is 3. The molecule has 172 valence electrons. The number of hydrogen-bond donors (Lipinski definition) is 2. The first kappa shape index (κ1) is 22.0. The molecule has 0 saturated heterocycles. The molecule has 5 rings (SSSR count). The largest absolute Gasteiger partial charge is 0.394 e. The third kappa shape index (κ3) is 4.35. The molecule has 0 saturated carbocycles. The van der Waals surface area contributed by atoms with Gasteiger partial charge in [-0.3, -0.25) is 9.99 Å². The van der Waals surface area contributed by atoms with Crippen LogP contribution in [0, 0.1) is 11.6 Å². The zero-order chi connectivity index (χ0) is 23.7. The topological polar surface area (TPSA) is 94.7 Å². The van der Waals surface area contributed by atoms with Gasteiger partial charge in [0, 0.05) is 53.8 Å². The number of β-amino-alcohol motifs (C(OH)–C–C–N with tert-alkyl or cyclic N) is 1. The molecule has 0 fully saturated rings. The maximum atomic E-state index is 14.5. The van der Waals surface area contributed by atoms with E-state index in [1.54, 1.807) is 41.9 Å². The molecule has 1 aliphatic rings. The van der Waals surface area contributed by atoms with Crippen LogP contribution in [-0.4, -0.2) is 62.2 Å². The summed E-state index contributed by atoms with van der Waals surface area (Å²) in [4.78, 5) is 13.2. The van der Waals surface area contributed by atoms with Crippen LogP contribution in [0.15, 0.2) is 66.2 Å². The van der Waals surface area contributed by atoms with E-state index in [0.29, 0.717) is 12.2 Å². The molecule has 1 aromatic carbocycles. The Balaban J connectivity index is 1.55. The van der Waals surface area contributed by atoms with Crippen molar-refractivity contribution in [3.8, 4) is 22.4 Å². The zero-order valence-corrected chi connectivity index (χ0v) is 18.0. The van der Waals surface area contributed by atoms with Crippen LogP contribution in [0.4, 0.5) is 8.78 Å². The smallest absolute Gasteiger partial charge is 0.160 e. The lowest BCUT2D eigenvalue weighted by atomic mass is 9.96. The summed E-state index contributed by atoms with van der Waals surface area (Å²) in [6.07, 6.45) is 5.98. The standard InChI is InChI=1S/C25H21F2N5O2/c26-18-3-4-23(27)22(7-18)24-8-21(20-2-1-5-29-25(20)31-24)16-6-15(9-28-10-16)17-11-30-32(12-17)13-19(34)14-33/h1-11,17,19,33-34H,12-14H2. The highest BCUT2D eigenvalue weighted by molar-refractivity contribution is 5.95. The molecule has 2 unspecified atom stereocenters. The first-order valence-corrected chi connectivity index (χ1v) is 10.8. The quantitative estimate of drug-likeness (QED) is 0.457. The lowest BCUT2D eigenvalue weighted by molar-refractivity contribution is 0.0627. The molecule has 3 aromatic heterocycles. The van der Waals surface area contributed by atoms with Crippen LogP contribution in [0.1, 0.15) is 11.5 Å². The normalized spacial score (nSPS) is 16.4. The number of nitrogens with zero attached hydrogens (tertiary/aromatic N) is 5. The van der Waals surface area contributed by atoms with Crippen LogP contribution in [0.5, 0.6) is 0 Å². The van der Waals surface area contributed by atoms with Crippen molar-refractivity contribution in [3.63, 3.8) is 0 Å². The molecular formula is C25H21F2N5O2. The Hall–Kier alpha value is -3.82. The number of halogens is 2. The van der Waals surface area contributed by atoms with Gasteiger partial charge in [-0.25, -0.2) is 18.7 Å². The van der Waals surface area contributed by atoms with Gasteiger partial charge in [-0.2, -0.15) is 5.10 Å². The van der Waals surface area contributed by atoms with Gasteiger partial charge in [-0.05, 0) is 53.6 Å². The van der Waals surface area contributed by atoms with Gasteiger partial charge in [-0.1, -0.05) is 0 Å². The van der Waals surface area contributed by atoms with E-state index in [2.05, 4.69) is 20.1 Å². The molecule has 0 radical (unpaired) electrons. The summed E-state index contributed by atoms with van der Waals surface area (Å²) >= 11 is 0. The Morgan fingerprint density at radius 1 is 1.09 bits per heavy atom. The van der Waals surface area contributed by atoms with Gasteiger partial charge in [-0.15, -0.1) is 0 Å². The number of hydrogen-bond acceptors (Lipinski definition) is 7. The first-order valence-electron chi connectivity index (χ1n) is 10.8. The van der Waals surface area contributed by atoms with Crippen LogP contribution in [-0.2, 0) is 0 Å². The number of aliphatic hydroxyl groups is 2. The minimum atomic E-state index is -0.863. The van der Waals surface area contributed by atoms with Crippen molar-refractivity contribution >= 4 is 17.2 Å². The second-order valence-electron chi connectivity index (χ2n) is 8.14. The van der Waals surface area contributed by atoms with Gasteiger partial charge in [0.05, 0.1) is 24.9 Å². The lowest BCUT2D eigenvalue weighted by Crippen LogP contribution is -2.30. The van der Waals surface area contributed by atoms with Crippen LogP contribution in [0.25, 0.3) is 33.4 Å². The third-order valence-electron chi connectivity index (χ3n) is 5.74. The monoisotopic (exact) mass is 461 g/mol. The summed E-state index contributed by atoms with van der Waals surface area (Å²) in [5.41, 5.74) is 3.17. The Kier molecular flexibility index (Phi) is 5.95. The van der Waals surface area contributed by atoms with Crippen molar-refractivity contribution in [2.24, 2.45) is 5.10 Å². The molecule has 4 aromatic rings. The Morgan fingerprint density at radius 2 is 1.97 bits per heavy atom. The maximum absolute atomic E-state index is 14.5. The summed E-state index contributed by atoms with van der Waals surface area (Å²) in [5, 5.41) is 25.5. The fraction of sp³-hybridized carbons (Fsp3) is 0.200. The molecule has 0 spiro atoms. The number of rotatable bonds is 6. The van der Waals surface area contributed by atoms with E-state index < -0.39 is 17.7 Å². The molecule has 0 bridgehead atoms. The third-order valence-corrected chi connectivity index (χ3v) is 5.74. The number of fused-ring (bicyclic) bond motifs is 1. The van der Waals surface area contributed by atoms with Crippen LogP contribution >= 0.6 is 0 Å². The van der Waals surface area contributed by atoms with Crippen molar-refractivity contribution in [1.82, 2.24) is 20.0 Å². The van der Waals surface area contributed by atoms with Crippen molar-refractivity contribution in [1.29, 1.82) is 0 Å². The first-order chi connectivity index (χ1) is 16.5. The van der Waals surface area contributed by atoms with E-state index in [9.17, 15) is 13.9 Å². The van der Waals surface area contributed by atoms with Gasteiger partial charge >= 0.3 is 0 Å². The van der Waals surface area contributed by atoms with E-state index in [1.165, 1.54) is 0 Å². The summed E-state index contributed by atoms with van der Waals surface area (Å²) < 4.78 is 28.4. The molecule has 9 heteroatoms. The van der Waals surface area contributed by atoms with E-state index in [1.807, 2.05) is 12.1 Å². The van der Waals surface area contributed by atoms with Crippen molar-refractivity contribution < 1.29 is 19.0 Å². The highest BCUT2D eigenvalue weighted by Gasteiger charge is 2.22. The molecule has 0 aliphatic carbocycles. The van der Waals surface area contributed by atoms with Crippen LogP contribution in [0.3, 0.4) is 0 Å². The van der Waals surface area contributed by atoms with Gasteiger partial charge in [0.1, 0.15) is 11.6 Å². The Morgan fingerprint density at radius 3 is 2.82 bits per heavy atom. The molecular weight excluding hydrogens is 440 g/mol. The Bertz CT molecular complexity index is 1380. The van der Waals surface area contributed by atoms with E-state index in [4.69, 9.17) is 5.11 Å². The predicted octanol–water partition coefficient (Wildman–Crippen LogP) is 3.38. The van der Waals surface area contributed by atoms with Gasteiger partial charge < -0.3 is 10.2 Å². The lowest BCUT2D eigenvalue weighted by Gasteiger charge is -2.18. The van der Waals surface area contributed by atoms with E-state index >= 15 is 0 Å². The fourth-order valence-electron chi connectivity index (χ4n) is 4.05. The molecule has 2 N–H and O–H groups in total. The molecule has 7 nitrogen and oxygen atoms in total. The van der Waals surface area contributed by atoms with Gasteiger partial charge in [0.25, 0.3) is 0 Å². The number of hydrazone groups is 1. The maximum Gasteiger partial charge on any atom is 0.160 e. The summed E-state index contributed by atoms with van der Waals surface area (Å²) in [6, 6.07) is 10.6. The van der Waals surface area contributed by atoms with Gasteiger partial charge in [0.2, 0.25) is 0 Å². The summed E-state index contributed by atoms with van der Waals surface area (Å²) in [7, 11) is 0. The van der Waals surface area contributed by atoms with Crippen LogP contribution < -0.4 is 0 Å². The SMILES string of the molecule is OCC(O)CN1CC(c2cncc(-c3cc(-c4cc(F)ccc4F)nc4ncccc34)c2)C=N1. The van der Waals surface area contributed by atoms with Crippen molar-refractivity contribution in [2.45, 2.75) is 12.0 Å². The molecule has 4 heterocycles. The molecule has 1 aliphatic heterocycles. The highest BCUT2D eigenvalue weighted by Crippen LogP contribution is 2.33. The fourth-order valence-corrected chi connectivity index (χ4v) is 4.05. The van der Waals surface area contributed by atoms with Gasteiger partial charge in [0.15, 0.2) is 5.65 Å². The Labute approximate surface area is 194 Å². The molecule has 2 atom stereocenters. The summed E-state index contributed by atoms with van der Waals surface area (Å²) in [5.74, 6) is -1.18. The molecule has 34 heavy (non-hydrogen) atoms. The predicted molar refractivity (Wildman–Crippen MR) is 124 cm³/mol. The number of benzene rings is 1. The summed E-state index contributed by atoms with van der Waals surface area (Å²) in [6.45, 7) is 0.450. The van der Waals surface area contributed by atoms with E-state index in [0.717, 1.165) is 40.3 Å². The van der Waals surface area contributed by atoms with Crippen molar-refractivity contribution in [3.05, 3.63) is 78.3 Å².